The number of hydrogen-bond acceptors (Lipinski definition) is 9. The normalized spacial score (nSPS) is 14.8. The largest absolute Gasteiger partial charge is 0.497 e. The lowest BCUT2D eigenvalue weighted by atomic mass is 10.0. The summed E-state index contributed by atoms with van der Waals surface area (Å²) in [5.74, 6) is 0.246. The van der Waals surface area contributed by atoms with E-state index in [1.54, 1.807) is 26.2 Å². The van der Waals surface area contributed by atoms with Gasteiger partial charge in [0.1, 0.15) is 18.2 Å². The molecule has 0 amide bonds. The van der Waals surface area contributed by atoms with E-state index in [-0.39, 0.29) is 28.4 Å². The first kappa shape index (κ1) is 27.5. The van der Waals surface area contributed by atoms with Crippen molar-refractivity contribution >= 4 is 15.6 Å². The summed E-state index contributed by atoms with van der Waals surface area (Å²) in [6, 6.07) is 8.88. The summed E-state index contributed by atoms with van der Waals surface area (Å²) in [7, 11) is -1.95. The van der Waals surface area contributed by atoms with Gasteiger partial charge in [-0.3, -0.25) is 9.69 Å². The minimum absolute atomic E-state index is 0.0646. The molecule has 1 aliphatic rings. The Morgan fingerprint density at radius 2 is 1.79 bits per heavy atom. The minimum Gasteiger partial charge on any atom is -0.497 e. The van der Waals surface area contributed by atoms with Crippen LogP contribution >= 0.6 is 0 Å². The molecule has 202 valence electrons. The van der Waals surface area contributed by atoms with Crippen molar-refractivity contribution in [1.82, 2.24) is 14.9 Å². The predicted molar refractivity (Wildman–Crippen MR) is 139 cm³/mol. The molecular weight excluding hydrogens is 513 g/mol. The van der Waals surface area contributed by atoms with E-state index >= 15 is 0 Å². The van der Waals surface area contributed by atoms with Crippen molar-refractivity contribution in [1.29, 1.82) is 0 Å². The zero-order chi connectivity index (χ0) is 27.4. The Morgan fingerprint density at radius 1 is 1.08 bits per heavy atom. The van der Waals surface area contributed by atoms with Crippen LogP contribution in [-0.4, -0.2) is 68.2 Å². The molecule has 2 aromatic carbocycles. The molecule has 0 atom stereocenters. The van der Waals surface area contributed by atoms with E-state index in [2.05, 4.69) is 14.9 Å². The summed E-state index contributed by atoms with van der Waals surface area (Å²) in [5, 5.41) is 0. The first-order valence-corrected chi connectivity index (χ1v) is 14.0. The van der Waals surface area contributed by atoms with Crippen LogP contribution in [0.3, 0.4) is 0 Å². The van der Waals surface area contributed by atoms with Gasteiger partial charge in [-0.15, -0.1) is 0 Å². The molecule has 11 heteroatoms. The number of halogens is 1. The standard InChI is InChI=1S/C27H30FN3O6S/c1-17-13-20(35-3)5-7-22(17)24(32)15-31-11-9-19(10-12-31)36-26-18(2)27(30-16-29-26)37-25-8-6-21(14-23(25)28)38(4,33)34/h5-8,13-14,16,19H,9-12,15H2,1-4H3. The molecule has 0 saturated carbocycles. The first-order chi connectivity index (χ1) is 18.0. The smallest absolute Gasteiger partial charge is 0.229 e. The lowest BCUT2D eigenvalue weighted by Crippen LogP contribution is -2.41. The molecule has 0 radical (unpaired) electrons. The highest BCUT2D eigenvalue weighted by Gasteiger charge is 2.25. The Kier molecular flexibility index (Phi) is 8.27. The van der Waals surface area contributed by atoms with Gasteiger partial charge in [0.15, 0.2) is 27.2 Å². The number of hydrogen-bond donors (Lipinski definition) is 0. The molecule has 0 aliphatic carbocycles. The zero-order valence-corrected chi connectivity index (χ0v) is 22.5. The highest BCUT2D eigenvalue weighted by Crippen LogP contribution is 2.31. The molecule has 1 saturated heterocycles. The van der Waals surface area contributed by atoms with Crippen LogP contribution in [0, 0.1) is 19.7 Å². The Hall–Kier alpha value is -3.57. The van der Waals surface area contributed by atoms with Crippen molar-refractivity contribution in [3.63, 3.8) is 0 Å². The van der Waals surface area contributed by atoms with Crippen molar-refractivity contribution in [3.05, 3.63) is 65.2 Å². The highest BCUT2D eigenvalue weighted by atomic mass is 32.2. The number of aromatic nitrogens is 2. The van der Waals surface area contributed by atoms with Crippen molar-refractivity contribution in [3.8, 4) is 23.3 Å². The van der Waals surface area contributed by atoms with Gasteiger partial charge in [-0.1, -0.05) is 0 Å². The topological polar surface area (TPSA) is 108 Å². The van der Waals surface area contributed by atoms with Crippen LogP contribution in [0.5, 0.6) is 23.3 Å². The molecule has 38 heavy (non-hydrogen) atoms. The maximum Gasteiger partial charge on any atom is 0.229 e. The molecule has 0 bridgehead atoms. The van der Waals surface area contributed by atoms with Gasteiger partial charge in [-0.05, 0) is 68.7 Å². The van der Waals surface area contributed by atoms with Gasteiger partial charge in [0.05, 0.1) is 24.1 Å². The molecule has 1 aliphatic heterocycles. The molecule has 4 rings (SSSR count). The van der Waals surface area contributed by atoms with Gasteiger partial charge in [0.2, 0.25) is 11.8 Å². The van der Waals surface area contributed by atoms with Crippen molar-refractivity contribution < 1.29 is 31.8 Å². The van der Waals surface area contributed by atoms with Gasteiger partial charge in [-0.25, -0.2) is 22.8 Å². The molecule has 0 N–H and O–H groups in total. The van der Waals surface area contributed by atoms with Crippen LogP contribution in [0.2, 0.25) is 0 Å². The SMILES string of the molecule is COc1ccc(C(=O)CN2CCC(Oc3ncnc(Oc4ccc(S(C)(=O)=O)cc4F)c3C)CC2)c(C)c1. The Morgan fingerprint density at radius 3 is 2.42 bits per heavy atom. The van der Waals surface area contributed by atoms with Crippen LogP contribution in [0.4, 0.5) is 4.39 Å². The second kappa shape index (κ2) is 11.4. The molecule has 2 heterocycles. The van der Waals surface area contributed by atoms with E-state index in [1.165, 1.54) is 18.5 Å². The molecule has 0 unspecified atom stereocenters. The number of sulfone groups is 1. The van der Waals surface area contributed by atoms with E-state index in [0.717, 1.165) is 23.6 Å². The van der Waals surface area contributed by atoms with E-state index in [4.69, 9.17) is 14.2 Å². The number of likely N-dealkylation sites (tertiary alicyclic amines) is 1. The average molecular weight is 544 g/mol. The number of rotatable bonds is 9. The van der Waals surface area contributed by atoms with E-state index in [1.807, 2.05) is 13.0 Å². The molecule has 1 aromatic heterocycles. The lowest BCUT2D eigenvalue weighted by molar-refractivity contribution is 0.0774. The number of carbonyl (C=O) groups excluding carboxylic acids is 1. The van der Waals surface area contributed by atoms with Gasteiger partial charge in [-0.2, -0.15) is 0 Å². The number of aryl methyl sites for hydroxylation is 1. The number of nitrogens with zero attached hydrogens (tertiary/aromatic N) is 3. The number of methoxy groups -OCH3 is 1. The summed E-state index contributed by atoms with van der Waals surface area (Å²) in [6.45, 7) is 5.32. The van der Waals surface area contributed by atoms with Crippen LogP contribution in [0.15, 0.2) is 47.6 Å². The third kappa shape index (κ3) is 6.46. The number of piperidine rings is 1. The Labute approximate surface area is 221 Å². The van der Waals surface area contributed by atoms with Gasteiger partial charge >= 0.3 is 0 Å². The maximum absolute atomic E-state index is 14.5. The predicted octanol–water partition coefficient (Wildman–Crippen LogP) is 4.16. The molecular formula is C27H30FN3O6S. The number of ether oxygens (including phenoxy) is 3. The Balaban J connectivity index is 1.35. The second-order valence-corrected chi connectivity index (χ2v) is 11.3. The van der Waals surface area contributed by atoms with Crippen molar-refractivity contribution in [2.75, 3.05) is 33.0 Å². The summed E-state index contributed by atoms with van der Waals surface area (Å²) < 4.78 is 54.7. The lowest BCUT2D eigenvalue weighted by Gasteiger charge is -2.31. The van der Waals surface area contributed by atoms with Gasteiger partial charge in [0, 0.05) is 24.9 Å². The fourth-order valence-electron chi connectivity index (χ4n) is 4.25. The molecule has 3 aromatic rings. The zero-order valence-electron chi connectivity index (χ0n) is 21.7. The van der Waals surface area contributed by atoms with E-state index < -0.39 is 15.7 Å². The van der Waals surface area contributed by atoms with Crippen LogP contribution in [-0.2, 0) is 9.84 Å². The van der Waals surface area contributed by atoms with E-state index in [9.17, 15) is 17.6 Å². The maximum atomic E-state index is 14.5. The fraction of sp³-hybridized carbons (Fsp3) is 0.370. The van der Waals surface area contributed by atoms with Crippen molar-refractivity contribution in [2.24, 2.45) is 0 Å². The third-order valence-electron chi connectivity index (χ3n) is 6.44. The first-order valence-electron chi connectivity index (χ1n) is 12.1. The Bertz CT molecular complexity index is 1440. The second-order valence-electron chi connectivity index (χ2n) is 9.27. The number of Topliss-reactive ketones (excluding diaryl/α,β-unsaturated/α-hetero) is 1. The van der Waals surface area contributed by atoms with Crippen LogP contribution < -0.4 is 14.2 Å². The van der Waals surface area contributed by atoms with E-state index in [0.29, 0.717) is 49.5 Å². The molecule has 9 nitrogen and oxygen atoms in total. The molecule has 0 spiro atoms. The summed E-state index contributed by atoms with van der Waals surface area (Å²) >= 11 is 0. The minimum atomic E-state index is -3.54. The number of ketones is 1. The quantitative estimate of drug-likeness (QED) is 0.368. The highest BCUT2D eigenvalue weighted by molar-refractivity contribution is 7.90. The van der Waals surface area contributed by atoms with Gasteiger partial charge < -0.3 is 14.2 Å². The van der Waals surface area contributed by atoms with Crippen LogP contribution in [0.25, 0.3) is 0 Å². The fourth-order valence-corrected chi connectivity index (χ4v) is 4.88. The third-order valence-corrected chi connectivity index (χ3v) is 7.55. The summed E-state index contributed by atoms with van der Waals surface area (Å²) in [4.78, 5) is 23.1. The molecule has 1 fully saturated rings. The van der Waals surface area contributed by atoms with Crippen molar-refractivity contribution in [2.45, 2.75) is 37.7 Å². The monoisotopic (exact) mass is 543 g/mol. The number of carbonyl (C=O) groups is 1. The summed E-state index contributed by atoms with van der Waals surface area (Å²) in [5.41, 5.74) is 2.07. The van der Waals surface area contributed by atoms with Crippen LogP contribution in [0.1, 0.15) is 34.3 Å². The summed E-state index contributed by atoms with van der Waals surface area (Å²) in [6.07, 6.45) is 3.57. The number of benzene rings is 2. The van der Waals surface area contributed by atoms with Gasteiger partial charge in [0.25, 0.3) is 0 Å². The average Bonchev–Trinajstić information content (AvgIpc) is 2.87.